The third kappa shape index (κ3) is 3.60. The molecular weight excluding hydrogens is 236 g/mol. The van der Waals surface area contributed by atoms with Crippen LogP contribution in [0.1, 0.15) is 12.5 Å². The normalized spacial score (nSPS) is 12.5. The van der Waals surface area contributed by atoms with E-state index in [9.17, 15) is 0 Å². The summed E-state index contributed by atoms with van der Waals surface area (Å²) in [5.74, 6) is 0. The molecule has 4 heteroatoms. The number of hydrogen-bond acceptors (Lipinski definition) is 3. The lowest BCUT2D eigenvalue weighted by atomic mass is 10.1. The Bertz CT molecular complexity index is 357. The first kappa shape index (κ1) is 14.3. The molecule has 0 fully saturated rings. The largest absolute Gasteiger partial charge is 0.383 e. The number of anilines is 1. The van der Waals surface area contributed by atoms with Crippen molar-refractivity contribution in [2.45, 2.75) is 19.4 Å². The zero-order valence-electron chi connectivity index (χ0n) is 10.7. The van der Waals surface area contributed by atoms with Crippen molar-refractivity contribution < 1.29 is 4.74 Å². The van der Waals surface area contributed by atoms with Gasteiger partial charge in [-0.15, -0.1) is 0 Å². The SMILES string of the molecule is COCC(C)N(C)c1c(Cl)cccc1CCN. The number of nitrogens with two attached hydrogens (primary N) is 1. The van der Waals surface area contributed by atoms with Crippen molar-refractivity contribution in [1.82, 2.24) is 0 Å². The van der Waals surface area contributed by atoms with Crippen LogP contribution < -0.4 is 10.6 Å². The molecule has 0 spiro atoms. The van der Waals surface area contributed by atoms with Crippen molar-refractivity contribution in [3.05, 3.63) is 28.8 Å². The van der Waals surface area contributed by atoms with Crippen molar-refractivity contribution in [2.75, 3.05) is 32.2 Å². The van der Waals surface area contributed by atoms with Gasteiger partial charge >= 0.3 is 0 Å². The molecule has 0 bridgehead atoms. The molecule has 0 saturated carbocycles. The number of likely N-dealkylation sites (N-methyl/N-ethyl adjacent to an activating group) is 1. The fourth-order valence-electron chi connectivity index (χ4n) is 1.89. The van der Waals surface area contributed by atoms with Gasteiger partial charge in [0.25, 0.3) is 0 Å². The molecule has 96 valence electrons. The van der Waals surface area contributed by atoms with Gasteiger partial charge in [-0.05, 0) is 31.5 Å². The maximum atomic E-state index is 6.28. The third-order valence-electron chi connectivity index (χ3n) is 2.91. The minimum Gasteiger partial charge on any atom is -0.383 e. The molecule has 0 aliphatic rings. The molecule has 0 amide bonds. The summed E-state index contributed by atoms with van der Waals surface area (Å²) in [5.41, 5.74) is 7.87. The van der Waals surface area contributed by atoms with Crippen LogP contribution in [-0.2, 0) is 11.2 Å². The zero-order valence-corrected chi connectivity index (χ0v) is 11.5. The van der Waals surface area contributed by atoms with E-state index in [2.05, 4.69) is 17.9 Å². The summed E-state index contributed by atoms with van der Waals surface area (Å²) in [6.45, 7) is 3.41. The molecule has 1 aromatic carbocycles. The van der Waals surface area contributed by atoms with E-state index in [0.717, 1.165) is 17.1 Å². The Morgan fingerprint density at radius 2 is 2.18 bits per heavy atom. The van der Waals surface area contributed by atoms with Gasteiger partial charge in [-0.25, -0.2) is 0 Å². The summed E-state index contributed by atoms with van der Waals surface area (Å²) in [6, 6.07) is 6.22. The average Bonchev–Trinajstić information content (AvgIpc) is 2.29. The maximum absolute atomic E-state index is 6.28. The maximum Gasteiger partial charge on any atom is 0.0663 e. The molecule has 1 atom stereocenters. The molecule has 0 aromatic heterocycles. The molecule has 1 rings (SSSR count). The van der Waals surface area contributed by atoms with Crippen LogP contribution in [0.15, 0.2) is 18.2 Å². The molecule has 0 saturated heterocycles. The number of ether oxygens (including phenoxy) is 1. The van der Waals surface area contributed by atoms with Gasteiger partial charge in [-0.1, -0.05) is 23.7 Å². The van der Waals surface area contributed by atoms with E-state index in [1.165, 1.54) is 5.56 Å². The predicted molar refractivity (Wildman–Crippen MR) is 74.0 cm³/mol. The Balaban J connectivity index is 3.01. The molecule has 1 unspecified atom stereocenters. The minimum absolute atomic E-state index is 0.274. The number of benzene rings is 1. The van der Waals surface area contributed by atoms with Crippen LogP contribution in [0.3, 0.4) is 0 Å². The molecule has 1 aromatic rings. The fourth-order valence-corrected chi connectivity index (χ4v) is 2.21. The lowest BCUT2D eigenvalue weighted by Gasteiger charge is -2.29. The molecule has 17 heavy (non-hydrogen) atoms. The van der Waals surface area contributed by atoms with Crippen LogP contribution in [0, 0.1) is 0 Å². The summed E-state index contributed by atoms with van der Waals surface area (Å²) >= 11 is 6.28. The summed E-state index contributed by atoms with van der Waals surface area (Å²) in [5, 5.41) is 0.765. The van der Waals surface area contributed by atoms with Crippen LogP contribution in [0.25, 0.3) is 0 Å². The number of hydrogen-bond donors (Lipinski definition) is 1. The minimum atomic E-state index is 0.274. The van der Waals surface area contributed by atoms with Crippen LogP contribution in [0.5, 0.6) is 0 Å². The summed E-state index contributed by atoms with van der Waals surface area (Å²) in [4.78, 5) is 2.15. The van der Waals surface area contributed by atoms with Crippen LogP contribution in [-0.4, -0.2) is 33.4 Å². The smallest absolute Gasteiger partial charge is 0.0663 e. The highest BCUT2D eigenvalue weighted by Crippen LogP contribution is 2.30. The topological polar surface area (TPSA) is 38.5 Å². The van der Waals surface area contributed by atoms with E-state index in [-0.39, 0.29) is 6.04 Å². The third-order valence-corrected chi connectivity index (χ3v) is 3.21. The average molecular weight is 257 g/mol. The first-order valence-corrected chi connectivity index (χ1v) is 6.18. The predicted octanol–water partition coefficient (Wildman–Crippen LogP) is 2.31. The molecule has 0 heterocycles. The van der Waals surface area contributed by atoms with Crippen molar-refractivity contribution >= 4 is 17.3 Å². The Labute approximate surface area is 109 Å². The standard InChI is InChI=1S/C13H21ClN2O/c1-10(9-17-3)16(2)13-11(7-8-15)5-4-6-12(13)14/h4-6,10H,7-9,15H2,1-3H3. The second-order valence-corrected chi connectivity index (χ2v) is 4.61. The first-order valence-electron chi connectivity index (χ1n) is 5.81. The summed E-state index contributed by atoms with van der Waals surface area (Å²) in [6.07, 6.45) is 0.833. The zero-order chi connectivity index (χ0) is 12.8. The molecule has 0 aliphatic heterocycles. The van der Waals surface area contributed by atoms with E-state index in [1.807, 2.05) is 19.2 Å². The second-order valence-electron chi connectivity index (χ2n) is 4.20. The van der Waals surface area contributed by atoms with Crippen molar-refractivity contribution in [2.24, 2.45) is 5.73 Å². The van der Waals surface area contributed by atoms with Gasteiger partial charge < -0.3 is 15.4 Å². The highest BCUT2D eigenvalue weighted by Gasteiger charge is 2.16. The lowest BCUT2D eigenvalue weighted by Crippen LogP contribution is -2.33. The van der Waals surface area contributed by atoms with E-state index < -0.39 is 0 Å². The fraction of sp³-hybridized carbons (Fsp3) is 0.538. The Morgan fingerprint density at radius 3 is 2.76 bits per heavy atom. The Morgan fingerprint density at radius 1 is 1.47 bits per heavy atom. The number of nitrogens with zero attached hydrogens (tertiary/aromatic N) is 1. The molecular formula is C13H21ClN2O. The Hall–Kier alpha value is -0.770. The Kier molecular flexibility index (Phi) is 5.75. The summed E-state index contributed by atoms with van der Waals surface area (Å²) < 4.78 is 5.18. The molecule has 0 aliphatic carbocycles. The quantitative estimate of drug-likeness (QED) is 0.849. The number of rotatable bonds is 6. The first-order chi connectivity index (χ1) is 8.11. The van der Waals surface area contributed by atoms with Gasteiger partial charge in [0, 0.05) is 20.2 Å². The molecule has 0 radical (unpaired) electrons. The van der Waals surface area contributed by atoms with E-state index >= 15 is 0 Å². The van der Waals surface area contributed by atoms with E-state index in [1.54, 1.807) is 7.11 Å². The molecule has 3 nitrogen and oxygen atoms in total. The monoisotopic (exact) mass is 256 g/mol. The highest BCUT2D eigenvalue weighted by atomic mass is 35.5. The number of methoxy groups -OCH3 is 1. The van der Waals surface area contributed by atoms with Gasteiger partial charge in [0.2, 0.25) is 0 Å². The number of halogens is 1. The second kappa shape index (κ2) is 6.84. The lowest BCUT2D eigenvalue weighted by molar-refractivity contribution is 0.183. The summed E-state index contributed by atoms with van der Waals surface area (Å²) in [7, 11) is 3.74. The van der Waals surface area contributed by atoms with Crippen molar-refractivity contribution in [3.8, 4) is 0 Å². The highest BCUT2D eigenvalue weighted by molar-refractivity contribution is 6.33. The number of para-hydroxylation sites is 1. The van der Waals surface area contributed by atoms with Gasteiger partial charge in [0.05, 0.1) is 17.3 Å². The van der Waals surface area contributed by atoms with Crippen molar-refractivity contribution in [1.29, 1.82) is 0 Å². The van der Waals surface area contributed by atoms with Crippen molar-refractivity contribution in [3.63, 3.8) is 0 Å². The van der Waals surface area contributed by atoms with E-state index in [4.69, 9.17) is 22.1 Å². The van der Waals surface area contributed by atoms with Gasteiger partial charge in [0.15, 0.2) is 0 Å². The van der Waals surface area contributed by atoms with Gasteiger partial charge in [-0.2, -0.15) is 0 Å². The van der Waals surface area contributed by atoms with Gasteiger partial charge in [0.1, 0.15) is 0 Å². The molecule has 2 N–H and O–H groups in total. The van der Waals surface area contributed by atoms with Crippen LogP contribution >= 0.6 is 11.6 Å². The van der Waals surface area contributed by atoms with Gasteiger partial charge in [-0.3, -0.25) is 0 Å². The van der Waals surface area contributed by atoms with Crippen LogP contribution in [0.4, 0.5) is 5.69 Å². The van der Waals surface area contributed by atoms with Crippen LogP contribution in [0.2, 0.25) is 5.02 Å². The van der Waals surface area contributed by atoms with E-state index in [0.29, 0.717) is 13.2 Å².